The topological polar surface area (TPSA) is 44.5 Å². The van der Waals surface area contributed by atoms with Gasteiger partial charge in [-0.15, -0.1) is 0 Å². The highest BCUT2D eigenvalue weighted by molar-refractivity contribution is 7.99. The van der Waals surface area contributed by atoms with E-state index >= 15 is 0 Å². The van der Waals surface area contributed by atoms with Gasteiger partial charge >= 0.3 is 0 Å². The van der Waals surface area contributed by atoms with Gasteiger partial charge in [-0.2, -0.15) is 11.8 Å². The lowest BCUT2D eigenvalue weighted by Crippen LogP contribution is -2.42. The first kappa shape index (κ1) is 9.37. The third-order valence-electron chi connectivity index (χ3n) is 2.41. The van der Waals surface area contributed by atoms with E-state index in [1.165, 1.54) is 5.57 Å². The average molecular weight is 201 g/mol. The quantitative estimate of drug-likeness (QED) is 0.716. The van der Waals surface area contributed by atoms with Crippen LogP contribution in [0.2, 0.25) is 0 Å². The van der Waals surface area contributed by atoms with Gasteiger partial charge in [0.05, 0.1) is 31.6 Å². The Labute approximate surface area is 82.6 Å². The lowest BCUT2D eigenvalue weighted by Gasteiger charge is -2.27. The molecule has 2 heterocycles. The highest BCUT2D eigenvalue weighted by Gasteiger charge is 2.26. The van der Waals surface area contributed by atoms with Crippen molar-refractivity contribution in [1.82, 2.24) is 0 Å². The predicted octanol–water partition coefficient (Wildman–Crippen LogP) is 0.750. The van der Waals surface area contributed by atoms with E-state index in [0.29, 0.717) is 0 Å². The van der Waals surface area contributed by atoms with Crippen LogP contribution in [0, 0.1) is 0 Å². The first-order chi connectivity index (χ1) is 6.38. The molecule has 0 aromatic carbocycles. The molecule has 0 aromatic heterocycles. The third kappa shape index (κ3) is 2.18. The molecule has 2 rings (SSSR count). The van der Waals surface area contributed by atoms with Gasteiger partial charge in [-0.3, -0.25) is 0 Å². The van der Waals surface area contributed by atoms with E-state index in [1.54, 1.807) is 6.26 Å². The zero-order valence-electron chi connectivity index (χ0n) is 7.57. The minimum absolute atomic E-state index is 0.0373. The second-order valence-corrected chi connectivity index (χ2v) is 4.47. The number of nitrogens with two attached hydrogens (primary N) is 1. The van der Waals surface area contributed by atoms with E-state index < -0.39 is 0 Å². The summed E-state index contributed by atoms with van der Waals surface area (Å²) < 4.78 is 10.8. The first-order valence-electron chi connectivity index (χ1n) is 4.63. The molecule has 2 aliphatic rings. The summed E-state index contributed by atoms with van der Waals surface area (Å²) in [5.74, 6) is 2.11. The van der Waals surface area contributed by atoms with Crippen molar-refractivity contribution in [1.29, 1.82) is 0 Å². The number of ether oxygens (including phenoxy) is 2. The zero-order chi connectivity index (χ0) is 9.10. The molecule has 2 unspecified atom stereocenters. The van der Waals surface area contributed by atoms with Crippen LogP contribution < -0.4 is 5.73 Å². The fraction of sp³-hybridized carbons (Fsp3) is 0.778. The Morgan fingerprint density at radius 1 is 1.54 bits per heavy atom. The second kappa shape index (κ2) is 4.35. The molecule has 2 atom stereocenters. The molecule has 0 aliphatic carbocycles. The van der Waals surface area contributed by atoms with E-state index in [1.807, 2.05) is 11.8 Å². The minimum Gasteiger partial charge on any atom is -0.501 e. The zero-order valence-corrected chi connectivity index (χ0v) is 8.39. The van der Waals surface area contributed by atoms with Crippen molar-refractivity contribution in [2.24, 2.45) is 5.73 Å². The Kier molecular flexibility index (Phi) is 3.14. The Morgan fingerprint density at radius 2 is 2.46 bits per heavy atom. The van der Waals surface area contributed by atoms with Crippen molar-refractivity contribution in [3.8, 4) is 0 Å². The van der Waals surface area contributed by atoms with Crippen LogP contribution in [0.15, 0.2) is 11.8 Å². The Hall–Kier alpha value is -0.190. The maximum Gasteiger partial charge on any atom is 0.0912 e. The molecule has 13 heavy (non-hydrogen) atoms. The molecule has 4 heteroatoms. The molecule has 0 amide bonds. The smallest absolute Gasteiger partial charge is 0.0912 e. The summed E-state index contributed by atoms with van der Waals surface area (Å²) in [6.45, 7) is 1.61. The van der Waals surface area contributed by atoms with E-state index in [0.717, 1.165) is 31.1 Å². The molecule has 2 N–H and O–H groups in total. The molecule has 0 radical (unpaired) electrons. The molecule has 0 spiro atoms. The van der Waals surface area contributed by atoms with Crippen LogP contribution in [0.5, 0.6) is 0 Å². The molecule has 0 saturated carbocycles. The predicted molar refractivity (Wildman–Crippen MR) is 53.7 cm³/mol. The summed E-state index contributed by atoms with van der Waals surface area (Å²) in [4.78, 5) is 0. The van der Waals surface area contributed by atoms with Crippen LogP contribution in [-0.4, -0.2) is 36.9 Å². The van der Waals surface area contributed by atoms with E-state index in [9.17, 15) is 0 Å². The maximum absolute atomic E-state index is 6.07. The maximum atomic E-state index is 6.07. The first-order valence-corrected chi connectivity index (χ1v) is 5.79. The minimum atomic E-state index is 0.0373. The molecule has 0 aromatic rings. The summed E-state index contributed by atoms with van der Waals surface area (Å²) in [6.07, 6.45) is 2.95. The van der Waals surface area contributed by atoms with Crippen molar-refractivity contribution in [2.75, 3.05) is 24.7 Å². The number of hydrogen-bond donors (Lipinski definition) is 1. The Morgan fingerprint density at radius 3 is 3.08 bits per heavy atom. The van der Waals surface area contributed by atoms with Crippen molar-refractivity contribution >= 4 is 11.8 Å². The van der Waals surface area contributed by atoms with Gasteiger partial charge < -0.3 is 15.2 Å². The molecule has 74 valence electrons. The molecule has 1 fully saturated rings. The average Bonchev–Trinajstić information content (AvgIpc) is 2.71. The van der Waals surface area contributed by atoms with Gasteiger partial charge in [-0.25, -0.2) is 0 Å². The lowest BCUT2D eigenvalue weighted by molar-refractivity contribution is 0.0645. The van der Waals surface area contributed by atoms with Crippen LogP contribution in [0.3, 0.4) is 0 Å². The third-order valence-corrected chi connectivity index (χ3v) is 3.43. The van der Waals surface area contributed by atoms with Gasteiger partial charge in [-0.05, 0) is 5.57 Å². The van der Waals surface area contributed by atoms with Gasteiger partial charge in [0.15, 0.2) is 0 Å². The molecule has 1 saturated heterocycles. The largest absolute Gasteiger partial charge is 0.501 e. The van der Waals surface area contributed by atoms with Gasteiger partial charge in [0.25, 0.3) is 0 Å². The van der Waals surface area contributed by atoms with E-state index in [2.05, 4.69) is 0 Å². The summed E-state index contributed by atoms with van der Waals surface area (Å²) in [6, 6.07) is 0.0373. The van der Waals surface area contributed by atoms with Crippen LogP contribution in [-0.2, 0) is 9.47 Å². The van der Waals surface area contributed by atoms with Crippen LogP contribution in [0.1, 0.15) is 6.42 Å². The number of hydrogen-bond acceptors (Lipinski definition) is 4. The molecule has 0 bridgehead atoms. The van der Waals surface area contributed by atoms with Gasteiger partial charge in [0.1, 0.15) is 0 Å². The normalized spacial score (nSPS) is 30.8. The highest BCUT2D eigenvalue weighted by Crippen LogP contribution is 2.22. The fourth-order valence-corrected chi connectivity index (χ4v) is 2.52. The second-order valence-electron chi connectivity index (χ2n) is 3.32. The summed E-state index contributed by atoms with van der Waals surface area (Å²) in [5.41, 5.74) is 7.27. The lowest BCUT2D eigenvalue weighted by atomic mass is 10.0. The Balaban J connectivity index is 1.90. The van der Waals surface area contributed by atoms with Gasteiger partial charge in [0, 0.05) is 17.9 Å². The monoisotopic (exact) mass is 201 g/mol. The van der Waals surface area contributed by atoms with Gasteiger partial charge in [0.2, 0.25) is 0 Å². The molecule has 3 nitrogen and oxygen atoms in total. The fourth-order valence-electron chi connectivity index (χ4n) is 1.60. The summed E-state index contributed by atoms with van der Waals surface area (Å²) in [7, 11) is 0. The van der Waals surface area contributed by atoms with Gasteiger partial charge in [-0.1, -0.05) is 0 Å². The van der Waals surface area contributed by atoms with Crippen molar-refractivity contribution in [3.63, 3.8) is 0 Å². The SMILES string of the molecule is NC(C1=COCC1)C1CSCCO1. The van der Waals surface area contributed by atoms with Crippen LogP contribution in [0.25, 0.3) is 0 Å². The van der Waals surface area contributed by atoms with E-state index in [4.69, 9.17) is 15.2 Å². The highest BCUT2D eigenvalue weighted by atomic mass is 32.2. The standard InChI is InChI=1S/C9H15NO2S/c10-9(7-1-2-11-5-7)8-6-13-4-3-12-8/h5,8-9H,1-4,6,10H2. The van der Waals surface area contributed by atoms with Crippen molar-refractivity contribution in [3.05, 3.63) is 11.8 Å². The van der Waals surface area contributed by atoms with Crippen molar-refractivity contribution < 1.29 is 9.47 Å². The molecule has 2 aliphatic heterocycles. The Bertz CT molecular complexity index is 202. The van der Waals surface area contributed by atoms with Crippen molar-refractivity contribution in [2.45, 2.75) is 18.6 Å². The summed E-state index contributed by atoms with van der Waals surface area (Å²) >= 11 is 1.92. The molecular weight excluding hydrogens is 186 g/mol. The number of thioether (sulfide) groups is 1. The molecular formula is C9H15NO2S. The number of rotatable bonds is 2. The van der Waals surface area contributed by atoms with E-state index in [-0.39, 0.29) is 12.1 Å². The summed E-state index contributed by atoms with van der Waals surface area (Å²) in [5, 5.41) is 0. The van der Waals surface area contributed by atoms with Crippen LogP contribution >= 0.6 is 11.8 Å². The van der Waals surface area contributed by atoms with Crippen LogP contribution in [0.4, 0.5) is 0 Å².